The highest BCUT2D eigenvalue weighted by atomic mass is 35.5. The topological polar surface area (TPSA) is 63.2 Å². The summed E-state index contributed by atoms with van der Waals surface area (Å²) in [6.07, 6.45) is 3.07. The van der Waals surface area contributed by atoms with Gasteiger partial charge in [0.25, 0.3) is 0 Å². The highest BCUT2D eigenvalue weighted by Crippen LogP contribution is 2.45. The number of halogens is 1. The summed E-state index contributed by atoms with van der Waals surface area (Å²) in [7, 11) is -3.30. The zero-order valence-corrected chi connectivity index (χ0v) is 10.5. The minimum Gasteiger partial charge on any atom is -0.354 e. The molecule has 0 radical (unpaired) electrons. The van der Waals surface area contributed by atoms with E-state index in [4.69, 9.17) is 11.6 Å². The van der Waals surface area contributed by atoms with Gasteiger partial charge in [-0.15, -0.1) is 11.6 Å². The lowest BCUT2D eigenvalue weighted by Crippen LogP contribution is -2.40. The van der Waals surface area contributed by atoms with Crippen LogP contribution in [-0.2, 0) is 14.6 Å². The third-order valence-corrected chi connectivity index (χ3v) is 4.96. The number of carbonyl (C=O) groups is 1. The Balaban J connectivity index is 2.43. The molecule has 1 saturated carbocycles. The van der Waals surface area contributed by atoms with Gasteiger partial charge in [0.1, 0.15) is 5.25 Å². The molecule has 1 unspecified atom stereocenters. The van der Waals surface area contributed by atoms with Crippen LogP contribution in [0.5, 0.6) is 0 Å². The molecule has 88 valence electrons. The number of carbonyl (C=O) groups excluding carboxylic acids is 1. The molecule has 0 aromatic carbocycles. The van der Waals surface area contributed by atoms with E-state index < -0.39 is 21.0 Å². The Labute approximate surface area is 95.3 Å². The van der Waals surface area contributed by atoms with Gasteiger partial charge in [0.05, 0.1) is 0 Å². The average Bonchev–Trinajstić information content (AvgIpc) is 2.92. The number of hydrogen-bond acceptors (Lipinski definition) is 3. The molecule has 0 spiro atoms. The largest absolute Gasteiger partial charge is 0.354 e. The fraction of sp³-hybridized carbons (Fsp3) is 0.889. The summed E-state index contributed by atoms with van der Waals surface area (Å²) in [5, 5.41) is 1.66. The molecule has 0 aromatic heterocycles. The van der Waals surface area contributed by atoms with Crippen molar-refractivity contribution in [1.29, 1.82) is 0 Å². The van der Waals surface area contributed by atoms with Gasteiger partial charge in [-0.2, -0.15) is 0 Å². The molecule has 6 heteroatoms. The summed E-state index contributed by atoms with van der Waals surface area (Å²) in [5.74, 6) is 0.0782. The van der Waals surface area contributed by atoms with Gasteiger partial charge < -0.3 is 5.32 Å². The third kappa shape index (κ3) is 3.34. The summed E-state index contributed by atoms with van der Waals surface area (Å²) in [4.78, 5) is 11.4. The van der Waals surface area contributed by atoms with E-state index in [1.54, 1.807) is 0 Å². The fourth-order valence-electron chi connectivity index (χ4n) is 1.15. The molecule has 0 heterocycles. The van der Waals surface area contributed by atoms with Gasteiger partial charge in [0.2, 0.25) is 5.91 Å². The Hall–Kier alpha value is -0.290. The maximum Gasteiger partial charge on any atom is 0.238 e. The van der Waals surface area contributed by atoms with E-state index in [2.05, 4.69) is 5.32 Å². The highest BCUT2D eigenvalue weighted by molar-refractivity contribution is 7.92. The van der Waals surface area contributed by atoms with Crippen LogP contribution >= 0.6 is 11.6 Å². The maximum atomic E-state index is 11.4. The van der Waals surface area contributed by atoms with Crippen LogP contribution < -0.4 is 5.32 Å². The van der Waals surface area contributed by atoms with Crippen LogP contribution in [0.2, 0.25) is 0 Å². The van der Waals surface area contributed by atoms with E-state index >= 15 is 0 Å². The number of amides is 1. The van der Waals surface area contributed by atoms with Crippen LogP contribution in [0.25, 0.3) is 0 Å². The number of nitrogens with one attached hydrogen (secondary N) is 1. The molecule has 0 saturated heterocycles. The Bertz CT molecular complexity index is 348. The van der Waals surface area contributed by atoms with Crippen molar-refractivity contribution >= 4 is 27.3 Å². The van der Waals surface area contributed by atoms with Crippen LogP contribution in [0.3, 0.4) is 0 Å². The first-order valence-electron chi connectivity index (χ1n) is 4.83. The lowest BCUT2D eigenvalue weighted by atomic mass is 10.1. The van der Waals surface area contributed by atoms with E-state index in [0.29, 0.717) is 12.4 Å². The van der Waals surface area contributed by atoms with Gasteiger partial charge in [-0.3, -0.25) is 4.79 Å². The first kappa shape index (κ1) is 12.8. The Morgan fingerprint density at radius 3 is 2.40 bits per heavy atom. The van der Waals surface area contributed by atoms with Crippen molar-refractivity contribution < 1.29 is 13.2 Å². The van der Waals surface area contributed by atoms with Crippen molar-refractivity contribution in [2.24, 2.45) is 5.41 Å². The van der Waals surface area contributed by atoms with Gasteiger partial charge in [0.15, 0.2) is 9.84 Å². The highest BCUT2D eigenvalue weighted by Gasteiger charge is 2.42. The number of rotatable bonds is 5. The van der Waals surface area contributed by atoms with E-state index in [-0.39, 0.29) is 5.41 Å². The molecule has 1 fully saturated rings. The minimum absolute atomic E-state index is 0.0223. The Morgan fingerprint density at radius 2 is 2.07 bits per heavy atom. The van der Waals surface area contributed by atoms with Crippen molar-refractivity contribution in [2.75, 3.05) is 18.7 Å². The number of hydrogen-bond donors (Lipinski definition) is 1. The molecule has 0 aliphatic heterocycles. The first-order valence-corrected chi connectivity index (χ1v) is 7.32. The normalized spacial score (nSPS) is 20.7. The van der Waals surface area contributed by atoms with Crippen LogP contribution in [0.15, 0.2) is 0 Å². The molecule has 1 amide bonds. The van der Waals surface area contributed by atoms with Gasteiger partial charge in [0, 0.05) is 24.1 Å². The van der Waals surface area contributed by atoms with Crippen molar-refractivity contribution in [1.82, 2.24) is 5.32 Å². The lowest BCUT2D eigenvalue weighted by molar-refractivity contribution is -0.120. The van der Waals surface area contributed by atoms with Gasteiger partial charge in [-0.05, 0) is 19.8 Å². The summed E-state index contributed by atoms with van der Waals surface area (Å²) in [6.45, 7) is 1.88. The van der Waals surface area contributed by atoms with Crippen molar-refractivity contribution in [3.63, 3.8) is 0 Å². The fourth-order valence-corrected chi connectivity index (χ4v) is 1.98. The molecule has 1 aliphatic carbocycles. The van der Waals surface area contributed by atoms with Crippen molar-refractivity contribution in [3.05, 3.63) is 0 Å². The van der Waals surface area contributed by atoms with Gasteiger partial charge in [-0.1, -0.05) is 0 Å². The number of alkyl halides is 1. The van der Waals surface area contributed by atoms with Crippen LogP contribution in [0.1, 0.15) is 19.8 Å². The predicted molar refractivity (Wildman–Crippen MR) is 59.7 cm³/mol. The van der Waals surface area contributed by atoms with Gasteiger partial charge >= 0.3 is 0 Å². The smallest absolute Gasteiger partial charge is 0.238 e. The second-order valence-electron chi connectivity index (χ2n) is 4.32. The Morgan fingerprint density at radius 1 is 1.53 bits per heavy atom. The average molecular weight is 254 g/mol. The molecule has 0 aromatic rings. The summed E-state index contributed by atoms with van der Waals surface area (Å²) in [5.41, 5.74) is 0.0223. The molecule has 1 atom stereocenters. The molecule has 1 N–H and O–H groups in total. The second-order valence-corrected chi connectivity index (χ2v) is 6.96. The van der Waals surface area contributed by atoms with Gasteiger partial charge in [-0.25, -0.2) is 8.42 Å². The molecular formula is C9H16ClNO3S. The minimum atomic E-state index is -3.30. The molecule has 4 nitrogen and oxygen atoms in total. The Kier molecular flexibility index (Phi) is 3.66. The van der Waals surface area contributed by atoms with E-state index in [0.717, 1.165) is 19.1 Å². The van der Waals surface area contributed by atoms with Crippen molar-refractivity contribution in [3.8, 4) is 0 Å². The molecule has 1 rings (SSSR count). The predicted octanol–water partition coefficient (Wildman–Crippen LogP) is 0.555. The van der Waals surface area contributed by atoms with Crippen LogP contribution in [0.4, 0.5) is 0 Å². The van der Waals surface area contributed by atoms with E-state index in [1.165, 1.54) is 6.92 Å². The standard InChI is InChI=1S/C9H16ClNO3S/c1-7(15(2,13)14)8(12)11-6-9(5-10)3-4-9/h7H,3-6H2,1-2H3,(H,11,12). The summed E-state index contributed by atoms with van der Waals surface area (Å²) in [6, 6.07) is 0. The van der Waals surface area contributed by atoms with E-state index in [9.17, 15) is 13.2 Å². The zero-order valence-electron chi connectivity index (χ0n) is 8.92. The molecular weight excluding hydrogens is 238 g/mol. The maximum absolute atomic E-state index is 11.4. The molecule has 15 heavy (non-hydrogen) atoms. The first-order chi connectivity index (χ1) is 6.81. The summed E-state index contributed by atoms with van der Waals surface area (Å²) < 4.78 is 22.2. The van der Waals surface area contributed by atoms with Crippen LogP contribution in [-0.4, -0.2) is 38.3 Å². The SMILES string of the molecule is CC(C(=O)NCC1(CCl)CC1)S(C)(=O)=O. The third-order valence-electron chi connectivity index (χ3n) is 2.89. The van der Waals surface area contributed by atoms with E-state index in [1.807, 2.05) is 0 Å². The van der Waals surface area contributed by atoms with Crippen molar-refractivity contribution in [2.45, 2.75) is 25.0 Å². The van der Waals surface area contributed by atoms with Crippen LogP contribution in [0, 0.1) is 5.41 Å². The number of sulfone groups is 1. The molecule has 1 aliphatic rings. The lowest BCUT2D eigenvalue weighted by Gasteiger charge is -2.15. The summed E-state index contributed by atoms with van der Waals surface area (Å²) >= 11 is 5.74. The zero-order chi connectivity index (χ0) is 11.7. The second kappa shape index (κ2) is 4.29. The quantitative estimate of drug-likeness (QED) is 0.728. The molecule has 0 bridgehead atoms. The monoisotopic (exact) mass is 253 g/mol.